The maximum Gasteiger partial charge on any atom is 0.263 e. The van der Waals surface area contributed by atoms with E-state index in [2.05, 4.69) is 25.5 Å². The highest BCUT2D eigenvalue weighted by atomic mass is 19.1. The fourth-order valence-corrected chi connectivity index (χ4v) is 3.35. The Bertz CT molecular complexity index is 873. The van der Waals surface area contributed by atoms with Crippen LogP contribution in [0.4, 0.5) is 15.8 Å². The lowest BCUT2D eigenvalue weighted by atomic mass is 9.97. The number of methoxy groups -OCH3 is 1. The molecule has 0 unspecified atom stereocenters. The molecule has 1 amide bonds. The third-order valence-electron chi connectivity index (χ3n) is 4.80. The molecule has 1 fully saturated rings. The molecule has 2 aliphatic heterocycles. The number of anilines is 2. The molecule has 154 valence electrons. The van der Waals surface area contributed by atoms with E-state index in [0.717, 1.165) is 50.6 Å². The molecule has 10 heteroatoms. The Hall–Kier alpha value is -3.27. The minimum Gasteiger partial charge on any atom is -0.384 e. The highest BCUT2D eigenvalue weighted by Gasteiger charge is 2.24. The zero-order valence-corrected chi connectivity index (χ0v) is 16.1. The molecule has 0 aromatic carbocycles. The summed E-state index contributed by atoms with van der Waals surface area (Å²) in [6.07, 6.45) is 7.18. The van der Waals surface area contributed by atoms with Crippen LogP contribution >= 0.6 is 0 Å². The van der Waals surface area contributed by atoms with Crippen molar-refractivity contribution in [1.29, 1.82) is 5.41 Å². The first-order valence-electron chi connectivity index (χ1n) is 9.23. The molecule has 2 aliphatic rings. The Kier molecular flexibility index (Phi) is 6.55. The van der Waals surface area contributed by atoms with Crippen LogP contribution in [0.25, 0.3) is 0 Å². The summed E-state index contributed by atoms with van der Waals surface area (Å²) >= 11 is 0. The lowest BCUT2D eigenvalue weighted by Crippen LogP contribution is -2.36. The molecule has 0 spiro atoms. The van der Waals surface area contributed by atoms with Crippen molar-refractivity contribution in [3.8, 4) is 0 Å². The Morgan fingerprint density at radius 2 is 2.24 bits per heavy atom. The molecule has 3 heterocycles. The summed E-state index contributed by atoms with van der Waals surface area (Å²) in [6.45, 7) is 2.40. The van der Waals surface area contributed by atoms with Crippen LogP contribution in [0.2, 0.25) is 0 Å². The van der Waals surface area contributed by atoms with Gasteiger partial charge in [-0.25, -0.2) is 9.38 Å². The Balaban J connectivity index is 1.78. The van der Waals surface area contributed by atoms with E-state index in [1.54, 1.807) is 19.5 Å². The highest BCUT2D eigenvalue weighted by Crippen LogP contribution is 2.29. The molecule has 0 radical (unpaired) electrons. The van der Waals surface area contributed by atoms with Gasteiger partial charge in [-0.05, 0) is 24.8 Å². The van der Waals surface area contributed by atoms with Crippen LogP contribution in [0, 0.1) is 11.3 Å². The third-order valence-corrected chi connectivity index (χ3v) is 4.80. The highest BCUT2D eigenvalue weighted by molar-refractivity contribution is 6.24. The van der Waals surface area contributed by atoms with Gasteiger partial charge in [-0.3, -0.25) is 15.2 Å². The van der Waals surface area contributed by atoms with Gasteiger partial charge in [0.15, 0.2) is 5.83 Å². The summed E-state index contributed by atoms with van der Waals surface area (Å²) in [7, 11) is 1.71. The van der Waals surface area contributed by atoms with Gasteiger partial charge in [-0.1, -0.05) is 0 Å². The average Bonchev–Trinajstić information content (AvgIpc) is 2.71. The fourth-order valence-electron chi connectivity index (χ4n) is 3.35. The molecular formula is C19H24FN7O2. The second-order valence-electron chi connectivity index (χ2n) is 6.80. The molecule has 9 nitrogen and oxygen atoms in total. The molecular weight excluding hydrogens is 377 g/mol. The summed E-state index contributed by atoms with van der Waals surface area (Å²) < 4.78 is 18.4. The molecule has 0 aliphatic carbocycles. The molecule has 0 atom stereocenters. The van der Waals surface area contributed by atoms with Crippen molar-refractivity contribution in [3.05, 3.63) is 41.9 Å². The standard InChI is InChI=1S/C19H24FN7O2/c1-29-11-12-3-6-27(7-4-12)15-2-5-23-10-14(15)26-19(28)16(17(21)22)18-24-8-13(20)9-25-18/h2,5,8-10,12,24H,3-4,6-7,11H2,1H3,(H3,21,22)(H,26,28). The molecule has 1 aromatic heterocycles. The number of piperidine rings is 1. The van der Waals surface area contributed by atoms with Crippen molar-refractivity contribution >= 4 is 29.3 Å². The van der Waals surface area contributed by atoms with E-state index in [-0.39, 0.29) is 11.4 Å². The van der Waals surface area contributed by atoms with Crippen LogP contribution < -0.4 is 21.3 Å². The maximum absolute atomic E-state index is 13.1. The van der Waals surface area contributed by atoms with Gasteiger partial charge in [0.1, 0.15) is 17.2 Å². The number of hydrogen-bond acceptors (Lipinski definition) is 7. The van der Waals surface area contributed by atoms with Crippen molar-refractivity contribution in [1.82, 2.24) is 10.3 Å². The number of halogens is 1. The van der Waals surface area contributed by atoms with E-state index in [0.29, 0.717) is 11.6 Å². The molecule has 3 rings (SSSR count). The number of aromatic nitrogens is 1. The number of amides is 1. The van der Waals surface area contributed by atoms with Crippen LogP contribution in [-0.2, 0) is 9.53 Å². The zero-order chi connectivity index (χ0) is 20.8. The van der Waals surface area contributed by atoms with Gasteiger partial charge in [-0.15, -0.1) is 0 Å². The van der Waals surface area contributed by atoms with Gasteiger partial charge < -0.3 is 26.0 Å². The molecule has 1 aromatic rings. The summed E-state index contributed by atoms with van der Waals surface area (Å²) in [4.78, 5) is 22.9. The SMILES string of the molecule is COCC1CCN(c2ccncc2NC(=O)C(C(=N)N)=C2N=CC(F)=CN2)CC1. The first kappa shape index (κ1) is 20.5. The molecule has 29 heavy (non-hydrogen) atoms. The smallest absolute Gasteiger partial charge is 0.263 e. The number of pyridine rings is 1. The Morgan fingerprint density at radius 1 is 1.48 bits per heavy atom. The number of ether oxygens (including phenoxy) is 1. The molecule has 0 bridgehead atoms. The van der Waals surface area contributed by atoms with Crippen LogP contribution in [0.3, 0.4) is 0 Å². The van der Waals surface area contributed by atoms with Crippen molar-refractivity contribution in [2.45, 2.75) is 12.8 Å². The van der Waals surface area contributed by atoms with E-state index in [9.17, 15) is 9.18 Å². The first-order valence-corrected chi connectivity index (χ1v) is 9.23. The largest absolute Gasteiger partial charge is 0.384 e. The average molecular weight is 401 g/mol. The summed E-state index contributed by atoms with van der Waals surface area (Å²) in [5.41, 5.74) is 6.74. The predicted octanol–water partition coefficient (Wildman–Crippen LogP) is 1.52. The van der Waals surface area contributed by atoms with Crippen molar-refractivity contribution in [2.24, 2.45) is 16.6 Å². The van der Waals surface area contributed by atoms with Crippen LogP contribution in [0.5, 0.6) is 0 Å². The summed E-state index contributed by atoms with van der Waals surface area (Å²) in [5.74, 6) is -1.18. The first-order chi connectivity index (χ1) is 14.0. The number of aliphatic imine (C=N–C) groups is 1. The molecule has 0 saturated carbocycles. The van der Waals surface area contributed by atoms with Crippen molar-refractivity contribution in [2.75, 3.05) is 37.0 Å². The monoisotopic (exact) mass is 401 g/mol. The lowest BCUT2D eigenvalue weighted by Gasteiger charge is -2.34. The number of amidine groups is 1. The van der Waals surface area contributed by atoms with Gasteiger partial charge in [-0.2, -0.15) is 0 Å². The topological polar surface area (TPSA) is 129 Å². The Labute approximate surface area is 168 Å². The lowest BCUT2D eigenvalue weighted by molar-refractivity contribution is -0.112. The summed E-state index contributed by atoms with van der Waals surface area (Å²) in [6, 6.07) is 1.84. The second kappa shape index (κ2) is 9.28. The number of nitrogens with two attached hydrogens (primary N) is 1. The van der Waals surface area contributed by atoms with Gasteiger partial charge in [0, 0.05) is 39.2 Å². The zero-order valence-electron chi connectivity index (χ0n) is 16.1. The molecule has 1 saturated heterocycles. The Morgan fingerprint density at radius 3 is 2.86 bits per heavy atom. The number of nitrogens with one attached hydrogen (secondary N) is 3. The quantitative estimate of drug-likeness (QED) is 0.325. The van der Waals surface area contributed by atoms with E-state index < -0.39 is 17.6 Å². The fraction of sp³-hybridized carbons (Fsp3) is 0.368. The minimum atomic E-state index is -0.628. The normalized spacial score (nSPS) is 18.7. The summed E-state index contributed by atoms with van der Waals surface area (Å²) in [5, 5.41) is 13.0. The van der Waals surface area contributed by atoms with Gasteiger partial charge in [0.05, 0.1) is 23.8 Å². The second-order valence-corrected chi connectivity index (χ2v) is 6.80. The number of carbonyl (C=O) groups excluding carboxylic acids is 1. The number of nitrogens with zero attached hydrogens (tertiary/aromatic N) is 3. The van der Waals surface area contributed by atoms with Gasteiger partial charge in [0.25, 0.3) is 5.91 Å². The van der Waals surface area contributed by atoms with E-state index in [4.69, 9.17) is 15.9 Å². The maximum atomic E-state index is 13.1. The van der Waals surface area contributed by atoms with E-state index in [1.165, 1.54) is 0 Å². The van der Waals surface area contributed by atoms with Gasteiger partial charge in [0.2, 0.25) is 0 Å². The number of rotatable bonds is 6. The van der Waals surface area contributed by atoms with Crippen LogP contribution in [0.1, 0.15) is 12.8 Å². The third kappa shape index (κ3) is 4.96. The van der Waals surface area contributed by atoms with Crippen LogP contribution in [0.15, 0.2) is 46.9 Å². The van der Waals surface area contributed by atoms with E-state index in [1.807, 2.05) is 6.07 Å². The van der Waals surface area contributed by atoms with Crippen LogP contribution in [-0.4, -0.2) is 49.7 Å². The van der Waals surface area contributed by atoms with E-state index >= 15 is 0 Å². The molecule has 5 N–H and O–H groups in total. The minimum absolute atomic E-state index is 0.00206. The number of allylic oxidation sites excluding steroid dienone is 1. The predicted molar refractivity (Wildman–Crippen MR) is 109 cm³/mol. The van der Waals surface area contributed by atoms with Gasteiger partial charge >= 0.3 is 0 Å². The number of hydrogen-bond donors (Lipinski definition) is 4. The van der Waals surface area contributed by atoms with Crippen molar-refractivity contribution in [3.63, 3.8) is 0 Å². The number of carbonyl (C=O) groups is 1. The van der Waals surface area contributed by atoms with Crippen molar-refractivity contribution < 1.29 is 13.9 Å².